The lowest BCUT2D eigenvalue weighted by Crippen LogP contribution is -2.44. The Morgan fingerprint density at radius 1 is 1.23 bits per heavy atom. The molecule has 1 heterocycles. The van der Waals surface area contributed by atoms with Gasteiger partial charge in [0.15, 0.2) is 27.3 Å². The van der Waals surface area contributed by atoms with Crippen molar-refractivity contribution in [3.63, 3.8) is 0 Å². The van der Waals surface area contributed by atoms with Crippen LogP contribution >= 0.6 is 24.0 Å². The first-order chi connectivity index (χ1) is 14.4. The molecule has 0 amide bonds. The minimum absolute atomic E-state index is 0. The number of rotatable bonds is 11. The van der Waals surface area contributed by atoms with Gasteiger partial charge in [-0.2, -0.15) is 0 Å². The van der Waals surface area contributed by atoms with E-state index in [1.54, 1.807) is 7.11 Å². The highest BCUT2D eigenvalue weighted by molar-refractivity contribution is 14.0. The maximum atomic E-state index is 11.7. The zero-order chi connectivity index (χ0) is 22.0. The molecule has 1 saturated heterocycles. The second kappa shape index (κ2) is 14.0. The van der Waals surface area contributed by atoms with Crippen molar-refractivity contribution in [1.82, 2.24) is 15.5 Å². The molecule has 0 bridgehead atoms. The van der Waals surface area contributed by atoms with Crippen LogP contribution in [0.1, 0.15) is 32.8 Å². The maximum Gasteiger partial charge on any atom is 0.191 e. The monoisotopic (exact) mass is 568 g/mol. The van der Waals surface area contributed by atoms with Crippen LogP contribution in [0.25, 0.3) is 0 Å². The van der Waals surface area contributed by atoms with Gasteiger partial charge in [-0.15, -0.1) is 24.0 Å². The van der Waals surface area contributed by atoms with Crippen molar-refractivity contribution in [2.24, 2.45) is 4.99 Å². The van der Waals surface area contributed by atoms with Gasteiger partial charge in [0.25, 0.3) is 0 Å². The van der Waals surface area contributed by atoms with Crippen LogP contribution in [-0.4, -0.2) is 76.7 Å². The van der Waals surface area contributed by atoms with Crippen molar-refractivity contribution in [1.29, 1.82) is 0 Å². The molecular weight excluding hydrogens is 531 g/mol. The fourth-order valence-electron chi connectivity index (χ4n) is 3.35. The highest BCUT2D eigenvalue weighted by Crippen LogP contribution is 2.28. The predicted molar refractivity (Wildman–Crippen MR) is 137 cm³/mol. The van der Waals surface area contributed by atoms with Gasteiger partial charge < -0.3 is 25.0 Å². The van der Waals surface area contributed by atoms with E-state index in [-0.39, 0.29) is 41.5 Å². The number of benzene rings is 1. The molecule has 0 aromatic heterocycles. The highest BCUT2D eigenvalue weighted by Gasteiger charge is 2.28. The van der Waals surface area contributed by atoms with E-state index in [9.17, 15) is 8.42 Å². The van der Waals surface area contributed by atoms with Crippen molar-refractivity contribution < 1.29 is 17.9 Å². The molecular formula is C21H37IN4O4S. The molecule has 1 aliphatic rings. The Labute approximate surface area is 204 Å². The smallest absolute Gasteiger partial charge is 0.191 e. The van der Waals surface area contributed by atoms with E-state index < -0.39 is 9.84 Å². The van der Waals surface area contributed by atoms with Crippen LogP contribution in [0.3, 0.4) is 0 Å². The number of hydrogen-bond donors (Lipinski definition) is 2. The van der Waals surface area contributed by atoms with Gasteiger partial charge in [0.1, 0.15) is 6.61 Å². The first-order valence-corrected chi connectivity index (χ1v) is 12.5. The Kier molecular flexibility index (Phi) is 12.5. The largest absolute Gasteiger partial charge is 0.493 e. The summed E-state index contributed by atoms with van der Waals surface area (Å²) in [5.41, 5.74) is 0.985. The van der Waals surface area contributed by atoms with Gasteiger partial charge in [0, 0.05) is 19.1 Å². The molecule has 0 radical (unpaired) electrons. The molecule has 1 unspecified atom stereocenters. The summed E-state index contributed by atoms with van der Waals surface area (Å²) in [6, 6.07) is 5.72. The van der Waals surface area contributed by atoms with E-state index in [4.69, 9.17) is 9.47 Å². The van der Waals surface area contributed by atoms with Crippen LogP contribution in [0.4, 0.5) is 0 Å². The SMILES string of the molecule is CCNC(=NCc1ccc(OCCN(CC)CC)c(OC)c1)NC1CCS(=O)(=O)C1.I. The summed E-state index contributed by atoms with van der Waals surface area (Å²) >= 11 is 0. The molecule has 1 aromatic carbocycles. The normalized spacial score (nSPS) is 17.8. The minimum atomic E-state index is -2.93. The van der Waals surface area contributed by atoms with E-state index in [1.165, 1.54) is 0 Å². The summed E-state index contributed by atoms with van der Waals surface area (Å²) in [4.78, 5) is 6.91. The van der Waals surface area contributed by atoms with Gasteiger partial charge >= 0.3 is 0 Å². The molecule has 0 spiro atoms. The molecule has 0 saturated carbocycles. The number of guanidine groups is 1. The average Bonchev–Trinajstić information content (AvgIpc) is 3.08. The molecule has 1 aliphatic heterocycles. The fourth-order valence-corrected chi connectivity index (χ4v) is 5.02. The predicted octanol–water partition coefficient (Wildman–Crippen LogP) is 2.28. The molecule has 31 heavy (non-hydrogen) atoms. The molecule has 178 valence electrons. The van der Waals surface area contributed by atoms with Crippen molar-refractivity contribution in [2.75, 3.05) is 51.4 Å². The third-order valence-corrected chi connectivity index (χ3v) is 6.89. The van der Waals surface area contributed by atoms with E-state index in [0.29, 0.717) is 37.8 Å². The van der Waals surface area contributed by atoms with Crippen molar-refractivity contribution in [3.05, 3.63) is 23.8 Å². The summed E-state index contributed by atoms with van der Waals surface area (Å²) in [7, 11) is -1.30. The maximum absolute atomic E-state index is 11.7. The van der Waals surface area contributed by atoms with Crippen LogP contribution in [0.2, 0.25) is 0 Å². The number of hydrogen-bond acceptors (Lipinski definition) is 6. The Morgan fingerprint density at radius 2 is 1.97 bits per heavy atom. The van der Waals surface area contributed by atoms with Gasteiger partial charge in [-0.25, -0.2) is 13.4 Å². The summed E-state index contributed by atoms with van der Waals surface area (Å²) in [6.07, 6.45) is 0.611. The van der Waals surface area contributed by atoms with Gasteiger partial charge in [-0.1, -0.05) is 19.9 Å². The third kappa shape index (κ3) is 9.40. The van der Waals surface area contributed by atoms with E-state index in [2.05, 4.69) is 34.4 Å². The molecule has 2 N–H and O–H groups in total. The summed E-state index contributed by atoms with van der Waals surface area (Å²) < 4.78 is 34.8. The van der Waals surface area contributed by atoms with Gasteiger partial charge in [0.2, 0.25) is 0 Å². The van der Waals surface area contributed by atoms with Crippen molar-refractivity contribution >= 4 is 39.8 Å². The van der Waals surface area contributed by atoms with E-state index in [0.717, 1.165) is 30.9 Å². The van der Waals surface area contributed by atoms with E-state index >= 15 is 0 Å². The molecule has 1 aromatic rings. The van der Waals surface area contributed by atoms with E-state index in [1.807, 2.05) is 25.1 Å². The first kappa shape index (κ1) is 27.8. The number of likely N-dealkylation sites (N-methyl/N-ethyl adjacent to an activating group) is 1. The number of sulfone groups is 1. The van der Waals surface area contributed by atoms with Crippen molar-refractivity contribution in [3.8, 4) is 11.5 Å². The Morgan fingerprint density at radius 3 is 2.55 bits per heavy atom. The Balaban J connectivity index is 0.00000480. The summed E-state index contributed by atoms with van der Waals surface area (Å²) in [5, 5.41) is 6.41. The van der Waals surface area contributed by atoms with Crippen LogP contribution in [-0.2, 0) is 16.4 Å². The van der Waals surface area contributed by atoms with Crippen molar-refractivity contribution in [2.45, 2.75) is 39.8 Å². The van der Waals surface area contributed by atoms with Gasteiger partial charge in [-0.05, 0) is 44.1 Å². The van der Waals surface area contributed by atoms with Crippen LogP contribution in [0.5, 0.6) is 11.5 Å². The molecule has 2 rings (SSSR count). The second-order valence-corrected chi connectivity index (χ2v) is 9.53. The van der Waals surface area contributed by atoms with Crippen LogP contribution in [0, 0.1) is 0 Å². The summed E-state index contributed by atoms with van der Waals surface area (Å²) in [6.45, 7) is 10.9. The topological polar surface area (TPSA) is 92.3 Å². The number of halogens is 1. The number of methoxy groups -OCH3 is 1. The number of nitrogens with zero attached hydrogens (tertiary/aromatic N) is 2. The average molecular weight is 569 g/mol. The standard InChI is InChI=1S/C21H36N4O4S.HI/c1-5-22-21(24-18-10-13-30(26,27)16-18)23-15-17-8-9-19(20(14-17)28-4)29-12-11-25(6-2)7-3;/h8-9,14,18H,5-7,10-13,15-16H2,1-4H3,(H2,22,23,24);1H. The molecule has 1 fully saturated rings. The molecule has 8 nitrogen and oxygen atoms in total. The molecule has 0 aliphatic carbocycles. The van der Waals surface area contributed by atoms with Gasteiger partial charge in [-0.3, -0.25) is 0 Å². The molecule has 10 heteroatoms. The molecule has 1 atom stereocenters. The quantitative estimate of drug-likeness (QED) is 0.241. The Bertz CT molecular complexity index is 801. The third-order valence-electron chi connectivity index (χ3n) is 5.12. The lowest BCUT2D eigenvalue weighted by molar-refractivity contribution is 0.217. The zero-order valence-corrected chi connectivity index (χ0v) is 22.2. The lowest BCUT2D eigenvalue weighted by atomic mass is 10.2. The number of aliphatic imine (C=N–C) groups is 1. The Hall–Kier alpha value is -1.27. The first-order valence-electron chi connectivity index (χ1n) is 10.7. The second-order valence-electron chi connectivity index (χ2n) is 7.30. The minimum Gasteiger partial charge on any atom is -0.493 e. The fraction of sp³-hybridized carbons (Fsp3) is 0.667. The lowest BCUT2D eigenvalue weighted by Gasteiger charge is -2.19. The van der Waals surface area contributed by atoms with Crippen LogP contribution in [0.15, 0.2) is 23.2 Å². The summed E-state index contributed by atoms with van der Waals surface area (Å²) in [5.74, 6) is 2.42. The highest BCUT2D eigenvalue weighted by atomic mass is 127. The van der Waals surface area contributed by atoms with Crippen LogP contribution < -0.4 is 20.1 Å². The zero-order valence-electron chi connectivity index (χ0n) is 19.0. The van der Waals surface area contributed by atoms with Gasteiger partial charge in [0.05, 0.1) is 25.2 Å². The number of ether oxygens (including phenoxy) is 2. The number of nitrogens with one attached hydrogen (secondary N) is 2.